The molecule has 4 aliphatic carbocycles. The van der Waals surface area contributed by atoms with Crippen LogP contribution < -0.4 is 0 Å². The molecule has 6 atom stereocenters. The maximum Gasteiger partial charge on any atom is 0.00136 e. The zero-order valence-corrected chi connectivity index (χ0v) is 15.9. The van der Waals surface area contributed by atoms with Crippen LogP contribution in [0.3, 0.4) is 0 Å². The molecule has 0 aliphatic heterocycles. The second kappa shape index (κ2) is 4.85. The first-order valence-corrected chi connectivity index (χ1v) is 10.1. The molecule has 0 nitrogen and oxygen atoms in total. The molecule has 0 aromatic carbocycles. The van der Waals surface area contributed by atoms with Crippen molar-refractivity contribution in [3.8, 4) is 0 Å². The van der Waals surface area contributed by atoms with Crippen LogP contribution >= 0.6 is 22.6 Å². The Bertz CT molecular complexity index is 516. The minimum absolute atomic E-state index is 0.519. The fourth-order valence-corrected chi connectivity index (χ4v) is 7.28. The van der Waals surface area contributed by atoms with Gasteiger partial charge in [0.05, 0.1) is 0 Å². The van der Waals surface area contributed by atoms with Gasteiger partial charge in [-0.05, 0) is 100 Å². The first-order chi connectivity index (χ1) is 9.95. The van der Waals surface area contributed by atoms with Gasteiger partial charge in [-0.1, -0.05) is 38.5 Å². The van der Waals surface area contributed by atoms with Crippen molar-refractivity contribution in [2.75, 3.05) is 0 Å². The van der Waals surface area contributed by atoms with Gasteiger partial charge in [-0.15, -0.1) is 0 Å². The van der Waals surface area contributed by atoms with Crippen LogP contribution in [0.25, 0.3) is 0 Å². The van der Waals surface area contributed by atoms with Crippen molar-refractivity contribution in [2.45, 2.75) is 65.7 Å². The SMILES string of the molecule is C[C@H]1CC[C@@]2(C)C(=CC[C@@H]3[C@@H]2CC[C@]2(C)C(I)=CC[C@@H]32)C1. The standard InChI is InChI=1S/C20H29I/c1-13-8-10-19(2)14(12-13)4-5-15-16-6-7-18(21)20(16,3)11-9-17(15)19/h4,7,13,15-17H,5-6,8-12H2,1-3H3/t13-,15-,16-,17-,19-,20-/m0/s1. The molecule has 0 spiro atoms. The molecule has 0 saturated heterocycles. The lowest BCUT2D eigenvalue weighted by Crippen LogP contribution is -2.49. The minimum Gasteiger partial charge on any atom is -0.0845 e. The van der Waals surface area contributed by atoms with Crippen LogP contribution in [0.15, 0.2) is 21.3 Å². The van der Waals surface area contributed by atoms with Gasteiger partial charge in [0, 0.05) is 5.41 Å². The largest absolute Gasteiger partial charge is 0.0845 e. The number of fused-ring (bicyclic) bond motifs is 5. The number of hydrogen-bond donors (Lipinski definition) is 0. The van der Waals surface area contributed by atoms with Crippen LogP contribution in [0.5, 0.6) is 0 Å². The van der Waals surface area contributed by atoms with E-state index in [9.17, 15) is 0 Å². The van der Waals surface area contributed by atoms with Gasteiger partial charge in [-0.2, -0.15) is 0 Å². The summed E-state index contributed by atoms with van der Waals surface area (Å²) in [5.74, 6) is 3.77. The van der Waals surface area contributed by atoms with E-state index in [1.807, 2.05) is 5.57 Å². The normalized spacial score (nSPS) is 52.4. The molecular formula is C20H29I. The van der Waals surface area contributed by atoms with Crippen molar-refractivity contribution < 1.29 is 0 Å². The van der Waals surface area contributed by atoms with E-state index in [4.69, 9.17) is 0 Å². The Morgan fingerprint density at radius 2 is 1.76 bits per heavy atom. The van der Waals surface area contributed by atoms with E-state index in [-0.39, 0.29) is 0 Å². The molecular weight excluding hydrogens is 367 g/mol. The van der Waals surface area contributed by atoms with E-state index < -0.39 is 0 Å². The van der Waals surface area contributed by atoms with Crippen molar-refractivity contribution in [3.63, 3.8) is 0 Å². The average molecular weight is 396 g/mol. The van der Waals surface area contributed by atoms with E-state index in [1.165, 1.54) is 44.9 Å². The minimum atomic E-state index is 0.519. The molecule has 0 radical (unpaired) electrons. The molecule has 0 aromatic rings. The van der Waals surface area contributed by atoms with Gasteiger partial charge < -0.3 is 0 Å². The summed E-state index contributed by atoms with van der Waals surface area (Å²) in [6, 6.07) is 0. The topological polar surface area (TPSA) is 0 Å². The Morgan fingerprint density at radius 1 is 1.00 bits per heavy atom. The first kappa shape index (κ1) is 14.8. The Morgan fingerprint density at radius 3 is 2.57 bits per heavy atom. The van der Waals surface area contributed by atoms with Crippen LogP contribution in [-0.4, -0.2) is 0 Å². The third kappa shape index (κ3) is 1.98. The molecule has 116 valence electrons. The highest BCUT2D eigenvalue weighted by atomic mass is 127. The third-order valence-corrected chi connectivity index (χ3v) is 9.51. The summed E-state index contributed by atoms with van der Waals surface area (Å²) < 4.78 is 1.67. The summed E-state index contributed by atoms with van der Waals surface area (Å²) in [6.07, 6.45) is 15.2. The lowest BCUT2D eigenvalue weighted by atomic mass is 9.47. The molecule has 1 heteroatoms. The van der Waals surface area contributed by atoms with Crippen LogP contribution in [0.4, 0.5) is 0 Å². The summed E-state index contributed by atoms with van der Waals surface area (Å²) in [4.78, 5) is 0. The molecule has 0 unspecified atom stereocenters. The van der Waals surface area contributed by atoms with E-state index in [1.54, 1.807) is 3.58 Å². The second-order valence-electron chi connectivity index (χ2n) is 8.85. The van der Waals surface area contributed by atoms with Gasteiger partial charge in [0.15, 0.2) is 0 Å². The van der Waals surface area contributed by atoms with Gasteiger partial charge >= 0.3 is 0 Å². The van der Waals surface area contributed by atoms with Crippen molar-refractivity contribution in [1.82, 2.24) is 0 Å². The summed E-state index contributed by atoms with van der Waals surface area (Å²) >= 11 is 2.64. The number of halogens is 1. The highest BCUT2D eigenvalue weighted by molar-refractivity contribution is 14.1. The van der Waals surface area contributed by atoms with Crippen molar-refractivity contribution in [2.24, 2.45) is 34.5 Å². The van der Waals surface area contributed by atoms with E-state index in [2.05, 4.69) is 55.5 Å². The van der Waals surface area contributed by atoms with Crippen molar-refractivity contribution >= 4 is 22.6 Å². The molecule has 2 fully saturated rings. The zero-order valence-electron chi connectivity index (χ0n) is 13.8. The maximum absolute atomic E-state index is 2.69. The monoisotopic (exact) mass is 396 g/mol. The van der Waals surface area contributed by atoms with Crippen LogP contribution in [0.2, 0.25) is 0 Å². The summed E-state index contributed by atoms with van der Waals surface area (Å²) in [7, 11) is 0. The summed E-state index contributed by atoms with van der Waals surface area (Å²) in [5.41, 5.74) is 2.91. The maximum atomic E-state index is 2.69. The fraction of sp³-hybridized carbons (Fsp3) is 0.800. The van der Waals surface area contributed by atoms with Crippen LogP contribution in [-0.2, 0) is 0 Å². The predicted octanol–water partition coefficient (Wildman–Crippen LogP) is 6.51. The van der Waals surface area contributed by atoms with Crippen molar-refractivity contribution in [3.05, 3.63) is 21.3 Å². The molecule has 4 rings (SSSR count). The first-order valence-electron chi connectivity index (χ1n) is 9.01. The Balaban J connectivity index is 1.68. The van der Waals surface area contributed by atoms with E-state index >= 15 is 0 Å². The highest BCUT2D eigenvalue weighted by Crippen LogP contribution is 2.65. The van der Waals surface area contributed by atoms with Crippen molar-refractivity contribution in [1.29, 1.82) is 0 Å². The van der Waals surface area contributed by atoms with Gasteiger partial charge in [-0.25, -0.2) is 0 Å². The van der Waals surface area contributed by atoms with Gasteiger partial charge in [0.25, 0.3) is 0 Å². The zero-order chi connectivity index (χ0) is 14.8. The fourth-order valence-electron chi connectivity index (χ4n) is 6.36. The molecule has 4 aliphatic rings. The molecule has 21 heavy (non-hydrogen) atoms. The Hall–Kier alpha value is 0.210. The highest BCUT2D eigenvalue weighted by Gasteiger charge is 2.56. The van der Waals surface area contributed by atoms with Gasteiger partial charge in [-0.3, -0.25) is 0 Å². The molecule has 0 N–H and O–H groups in total. The molecule has 0 amide bonds. The number of hydrogen-bond acceptors (Lipinski definition) is 0. The lowest BCUT2D eigenvalue weighted by molar-refractivity contribution is -0.0173. The van der Waals surface area contributed by atoms with Crippen LogP contribution in [0, 0.1) is 34.5 Å². The predicted molar refractivity (Wildman–Crippen MR) is 98.4 cm³/mol. The Labute approximate surface area is 144 Å². The van der Waals surface area contributed by atoms with Gasteiger partial charge in [0.1, 0.15) is 0 Å². The lowest BCUT2D eigenvalue weighted by Gasteiger charge is -2.57. The quantitative estimate of drug-likeness (QED) is 0.323. The Kier molecular flexibility index (Phi) is 3.41. The molecule has 0 heterocycles. The third-order valence-electron chi connectivity index (χ3n) is 7.84. The van der Waals surface area contributed by atoms with E-state index in [0.717, 1.165) is 23.7 Å². The summed E-state index contributed by atoms with van der Waals surface area (Å²) in [6.45, 7) is 7.63. The number of allylic oxidation sites excluding steroid dienone is 4. The summed E-state index contributed by atoms with van der Waals surface area (Å²) in [5, 5.41) is 0. The smallest absolute Gasteiger partial charge is 0.00136 e. The average Bonchev–Trinajstić information content (AvgIpc) is 2.76. The van der Waals surface area contributed by atoms with Gasteiger partial charge in [0.2, 0.25) is 0 Å². The van der Waals surface area contributed by atoms with E-state index in [0.29, 0.717) is 10.8 Å². The molecule has 0 aromatic heterocycles. The van der Waals surface area contributed by atoms with Crippen LogP contribution in [0.1, 0.15) is 65.7 Å². The second-order valence-corrected chi connectivity index (χ2v) is 10.0. The molecule has 2 saturated carbocycles. The number of rotatable bonds is 0. The molecule has 0 bridgehead atoms.